The number of rotatable bonds is 5. The van der Waals surface area contributed by atoms with Crippen LogP contribution in [0.5, 0.6) is 0 Å². The van der Waals surface area contributed by atoms with Crippen molar-refractivity contribution in [1.82, 2.24) is 20.5 Å². The van der Waals surface area contributed by atoms with Crippen molar-refractivity contribution in [2.24, 2.45) is 5.92 Å². The minimum Gasteiger partial charge on any atom is -0.394 e. The van der Waals surface area contributed by atoms with Crippen LogP contribution in [0, 0.1) is 5.92 Å². The van der Waals surface area contributed by atoms with Crippen molar-refractivity contribution >= 4 is 5.91 Å². The maximum absolute atomic E-state index is 12.1. The van der Waals surface area contributed by atoms with Gasteiger partial charge in [0.05, 0.1) is 18.3 Å². The first-order valence-corrected chi connectivity index (χ1v) is 6.49. The number of pyridine rings is 1. The van der Waals surface area contributed by atoms with Crippen molar-refractivity contribution < 1.29 is 9.90 Å². The summed E-state index contributed by atoms with van der Waals surface area (Å²) in [4.78, 5) is 16.1. The highest BCUT2D eigenvalue weighted by molar-refractivity contribution is 5.93. The minimum atomic E-state index is -0.277. The molecular weight excluding hydrogens is 256 g/mol. The van der Waals surface area contributed by atoms with E-state index < -0.39 is 0 Å². The number of H-pyrrole nitrogens is 1. The van der Waals surface area contributed by atoms with Crippen LogP contribution >= 0.6 is 0 Å². The van der Waals surface area contributed by atoms with E-state index >= 15 is 0 Å². The van der Waals surface area contributed by atoms with Crippen LogP contribution in [0.15, 0.2) is 30.6 Å². The highest BCUT2D eigenvalue weighted by atomic mass is 16.3. The molecule has 2 aromatic heterocycles. The third-order valence-corrected chi connectivity index (χ3v) is 3.10. The topological polar surface area (TPSA) is 90.9 Å². The molecule has 106 valence electrons. The minimum absolute atomic E-state index is 0.0903. The Morgan fingerprint density at radius 2 is 2.30 bits per heavy atom. The van der Waals surface area contributed by atoms with Crippen LogP contribution in [0.2, 0.25) is 0 Å². The van der Waals surface area contributed by atoms with Gasteiger partial charge in [0, 0.05) is 18.0 Å². The Morgan fingerprint density at radius 1 is 1.50 bits per heavy atom. The lowest BCUT2D eigenvalue weighted by Crippen LogP contribution is -2.41. The molecule has 20 heavy (non-hydrogen) atoms. The van der Waals surface area contributed by atoms with E-state index in [0.717, 1.165) is 5.56 Å². The van der Waals surface area contributed by atoms with Gasteiger partial charge >= 0.3 is 0 Å². The van der Waals surface area contributed by atoms with Crippen molar-refractivity contribution in [2.45, 2.75) is 19.9 Å². The number of amides is 1. The molecule has 0 radical (unpaired) electrons. The zero-order valence-electron chi connectivity index (χ0n) is 11.5. The van der Waals surface area contributed by atoms with E-state index in [1.165, 1.54) is 0 Å². The summed E-state index contributed by atoms with van der Waals surface area (Å²) in [6, 6.07) is 5.08. The Labute approximate surface area is 117 Å². The van der Waals surface area contributed by atoms with E-state index in [4.69, 9.17) is 0 Å². The second kappa shape index (κ2) is 6.29. The third kappa shape index (κ3) is 3.21. The molecule has 0 saturated heterocycles. The predicted molar refractivity (Wildman–Crippen MR) is 75.0 cm³/mol. The first kappa shape index (κ1) is 14.2. The van der Waals surface area contributed by atoms with Gasteiger partial charge in [-0.2, -0.15) is 5.10 Å². The molecule has 1 atom stereocenters. The normalized spacial score (nSPS) is 12.4. The molecule has 0 aliphatic heterocycles. The number of aromatic nitrogens is 3. The molecule has 0 aliphatic rings. The fourth-order valence-electron chi connectivity index (χ4n) is 1.77. The van der Waals surface area contributed by atoms with Gasteiger partial charge in [-0.05, 0) is 24.1 Å². The Kier molecular flexibility index (Phi) is 4.47. The largest absolute Gasteiger partial charge is 0.394 e. The van der Waals surface area contributed by atoms with Crippen LogP contribution in [0.1, 0.15) is 24.3 Å². The average molecular weight is 274 g/mol. The lowest BCUT2D eigenvalue weighted by molar-refractivity contribution is 0.0892. The van der Waals surface area contributed by atoms with Gasteiger partial charge in [0.1, 0.15) is 5.69 Å². The lowest BCUT2D eigenvalue weighted by atomic mass is 10.1. The van der Waals surface area contributed by atoms with Crippen molar-refractivity contribution in [3.63, 3.8) is 0 Å². The quantitative estimate of drug-likeness (QED) is 0.764. The summed E-state index contributed by atoms with van der Waals surface area (Å²) in [7, 11) is 0. The number of nitrogens with zero attached hydrogens (tertiary/aromatic N) is 2. The molecule has 0 aliphatic carbocycles. The Balaban J connectivity index is 2.11. The molecule has 2 aromatic rings. The average Bonchev–Trinajstić information content (AvgIpc) is 2.95. The molecule has 0 spiro atoms. The Morgan fingerprint density at radius 3 is 2.90 bits per heavy atom. The van der Waals surface area contributed by atoms with Crippen LogP contribution in [-0.2, 0) is 0 Å². The van der Waals surface area contributed by atoms with E-state index in [9.17, 15) is 9.90 Å². The number of aliphatic hydroxyl groups excluding tert-OH is 1. The standard InChI is InChI=1S/C14H18N4O2/c1-9(2)13(8-19)16-14(20)12-6-11(17-18-12)10-4-3-5-15-7-10/h3-7,9,13,19H,8H2,1-2H3,(H,16,20)(H,17,18)/t13-/m1/s1. The lowest BCUT2D eigenvalue weighted by Gasteiger charge is -2.19. The van der Waals surface area contributed by atoms with E-state index in [1.807, 2.05) is 26.0 Å². The van der Waals surface area contributed by atoms with Gasteiger partial charge in [-0.1, -0.05) is 13.8 Å². The van der Waals surface area contributed by atoms with Crippen LogP contribution in [0.3, 0.4) is 0 Å². The van der Waals surface area contributed by atoms with E-state index in [2.05, 4.69) is 20.5 Å². The zero-order valence-corrected chi connectivity index (χ0v) is 11.5. The van der Waals surface area contributed by atoms with Crippen molar-refractivity contribution in [2.75, 3.05) is 6.61 Å². The Bertz CT molecular complexity index is 566. The second-order valence-corrected chi connectivity index (χ2v) is 4.92. The molecule has 0 aromatic carbocycles. The molecule has 3 N–H and O–H groups in total. The summed E-state index contributed by atoms with van der Waals surface area (Å²) in [5, 5.41) is 18.8. The number of hydrogen-bond donors (Lipinski definition) is 3. The number of aromatic amines is 1. The fourth-order valence-corrected chi connectivity index (χ4v) is 1.77. The van der Waals surface area contributed by atoms with E-state index in [-0.39, 0.29) is 24.5 Å². The van der Waals surface area contributed by atoms with E-state index in [0.29, 0.717) is 11.4 Å². The maximum Gasteiger partial charge on any atom is 0.269 e. The highest BCUT2D eigenvalue weighted by Gasteiger charge is 2.18. The summed E-state index contributed by atoms with van der Waals surface area (Å²) in [5.41, 5.74) is 1.86. The fraction of sp³-hybridized carbons (Fsp3) is 0.357. The van der Waals surface area contributed by atoms with Crippen molar-refractivity contribution in [3.05, 3.63) is 36.3 Å². The SMILES string of the molecule is CC(C)[C@@H](CO)NC(=O)c1cc(-c2cccnc2)n[nH]1. The van der Waals surface area contributed by atoms with Gasteiger partial charge in [-0.15, -0.1) is 0 Å². The molecule has 0 saturated carbocycles. The smallest absolute Gasteiger partial charge is 0.269 e. The first-order valence-electron chi connectivity index (χ1n) is 6.49. The molecule has 0 fully saturated rings. The second-order valence-electron chi connectivity index (χ2n) is 4.92. The zero-order chi connectivity index (χ0) is 14.5. The number of nitrogens with one attached hydrogen (secondary N) is 2. The number of hydrogen-bond acceptors (Lipinski definition) is 4. The Hall–Kier alpha value is -2.21. The summed E-state index contributed by atoms with van der Waals surface area (Å²) in [6.45, 7) is 3.79. The molecule has 6 heteroatoms. The summed E-state index contributed by atoms with van der Waals surface area (Å²) < 4.78 is 0. The summed E-state index contributed by atoms with van der Waals surface area (Å²) >= 11 is 0. The van der Waals surface area contributed by atoms with Crippen molar-refractivity contribution in [1.29, 1.82) is 0 Å². The third-order valence-electron chi connectivity index (χ3n) is 3.10. The van der Waals surface area contributed by atoms with Crippen LogP contribution in [0.4, 0.5) is 0 Å². The molecule has 0 bridgehead atoms. The molecule has 0 unspecified atom stereocenters. The van der Waals surface area contributed by atoms with Gasteiger partial charge in [-0.3, -0.25) is 14.9 Å². The van der Waals surface area contributed by atoms with E-state index in [1.54, 1.807) is 18.5 Å². The van der Waals surface area contributed by atoms with Gasteiger partial charge in [0.2, 0.25) is 0 Å². The maximum atomic E-state index is 12.1. The molecular formula is C14H18N4O2. The first-order chi connectivity index (χ1) is 9.61. The van der Waals surface area contributed by atoms with Crippen LogP contribution in [0.25, 0.3) is 11.3 Å². The number of carbonyl (C=O) groups excluding carboxylic acids is 1. The summed E-state index contributed by atoms with van der Waals surface area (Å²) in [6.07, 6.45) is 3.36. The highest BCUT2D eigenvalue weighted by Crippen LogP contribution is 2.16. The van der Waals surface area contributed by atoms with Gasteiger partial charge in [-0.25, -0.2) is 0 Å². The number of carbonyl (C=O) groups is 1. The van der Waals surface area contributed by atoms with Gasteiger partial charge in [0.25, 0.3) is 5.91 Å². The molecule has 2 heterocycles. The van der Waals surface area contributed by atoms with Gasteiger partial charge < -0.3 is 10.4 Å². The van der Waals surface area contributed by atoms with Crippen molar-refractivity contribution in [3.8, 4) is 11.3 Å². The molecule has 6 nitrogen and oxygen atoms in total. The van der Waals surface area contributed by atoms with Crippen LogP contribution < -0.4 is 5.32 Å². The molecule has 2 rings (SSSR count). The van der Waals surface area contributed by atoms with Gasteiger partial charge in [0.15, 0.2) is 0 Å². The number of aliphatic hydroxyl groups is 1. The predicted octanol–water partition coefficient (Wildman–Crippen LogP) is 1.22. The molecule has 1 amide bonds. The monoisotopic (exact) mass is 274 g/mol. The van der Waals surface area contributed by atoms with Crippen LogP contribution in [-0.4, -0.2) is 38.8 Å². The summed E-state index contributed by atoms with van der Waals surface area (Å²) in [5.74, 6) is -0.120.